The summed E-state index contributed by atoms with van der Waals surface area (Å²) in [6.45, 7) is 3.14. The molecule has 2 heterocycles. The zero-order valence-electron chi connectivity index (χ0n) is 8.86. The van der Waals surface area contributed by atoms with Crippen LogP contribution in [-0.2, 0) is 0 Å². The lowest BCUT2D eigenvalue weighted by atomic mass is 10.1. The van der Waals surface area contributed by atoms with Crippen LogP contribution in [0.1, 0.15) is 6.42 Å². The van der Waals surface area contributed by atoms with Gasteiger partial charge in [0.25, 0.3) is 0 Å². The molecule has 0 radical (unpaired) electrons. The second kappa shape index (κ2) is 4.93. The van der Waals surface area contributed by atoms with Gasteiger partial charge in [-0.2, -0.15) is 0 Å². The Morgan fingerprint density at radius 1 is 1.53 bits per heavy atom. The molecular weight excluding hydrogens is 192 g/mol. The van der Waals surface area contributed by atoms with E-state index in [9.17, 15) is 0 Å². The maximum absolute atomic E-state index is 4.98. The van der Waals surface area contributed by atoms with Crippen LogP contribution in [0.3, 0.4) is 0 Å². The van der Waals surface area contributed by atoms with E-state index in [0.29, 0.717) is 17.6 Å². The van der Waals surface area contributed by atoms with Gasteiger partial charge in [-0.3, -0.25) is 0 Å². The Labute approximate surface area is 89.3 Å². The molecule has 0 aliphatic carbocycles. The standard InChI is InChI=1S/C10H16N4O/c1-15-9-6-13-10(14-7-9)12-5-8-2-3-11-4-8/h6-8,11H,2-5H2,1H3,(H,12,13,14). The largest absolute Gasteiger partial charge is 0.494 e. The van der Waals surface area contributed by atoms with E-state index in [4.69, 9.17) is 4.74 Å². The van der Waals surface area contributed by atoms with Gasteiger partial charge in [-0.25, -0.2) is 9.97 Å². The number of methoxy groups -OCH3 is 1. The molecule has 0 saturated carbocycles. The van der Waals surface area contributed by atoms with Crippen molar-refractivity contribution in [2.24, 2.45) is 5.92 Å². The fraction of sp³-hybridized carbons (Fsp3) is 0.600. The number of nitrogens with one attached hydrogen (secondary N) is 2. The van der Waals surface area contributed by atoms with Gasteiger partial charge in [0, 0.05) is 6.54 Å². The van der Waals surface area contributed by atoms with Crippen molar-refractivity contribution in [1.82, 2.24) is 15.3 Å². The van der Waals surface area contributed by atoms with E-state index in [2.05, 4.69) is 20.6 Å². The molecule has 1 saturated heterocycles. The Hall–Kier alpha value is -1.36. The minimum atomic E-state index is 0.669. The average molecular weight is 208 g/mol. The van der Waals surface area contributed by atoms with Gasteiger partial charge < -0.3 is 15.4 Å². The minimum Gasteiger partial charge on any atom is -0.494 e. The molecule has 2 rings (SSSR count). The number of aromatic nitrogens is 2. The molecule has 0 spiro atoms. The highest BCUT2D eigenvalue weighted by Gasteiger charge is 2.13. The van der Waals surface area contributed by atoms with Crippen molar-refractivity contribution in [3.8, 4) is 5.75 Å². The number of hydrogen-bond donors (Lipinski definition) is 2. The Morgan fingerprint density at radius 3 is 2.93 bits per heavy atom. The molecule has 2 N–H and O–H groups in total. The first-order valence-corrected chi connectivity index (χ1v) is 5.19. The number of ether oxygens (including phenoxy) is 1. The quantitative estimate of drug-likeness (QED) is 0.755. The van der Waals surface area contributed by atoms with Crippen LogP contribution in [0.15, 0.2) is 12.4 Å². The second-order valence-electron chi connectivity index (χ2n) is 3.69. The first-order valence-electron chi connectivity index (χ1n) is 5.19. The fourth-order valence-corrected chi connectivity index (χ4v) is 1.64. The van der Waals surface area contributed by atoms with Crippen molar-refractivity contribution in [2.45, 2.75) is 6.42 Å². The van der Waals surface area contributed by atoms with Crippen LogP contribution in [0.5, 0.6) is 5.75 Å². The topological polar surface area (TPSA) is 59.1 Å². The van der Waals surface area contributed by atoms with Crippen LogP contribution in [0.25, 0.3) is 0 Å². The Balaban J connectivity index is 1.82. The minimum absolute atomic E-state index is 0.669. The third-order valence-electron chi connectivity index (χ3n) is 2.58. The molecule has 0 bridgehead atoms. The van der Waals surface area contributed by atoms with Crippen molar-refractivity contribution in [3.05, 3.63) is 12.4 Å². The van der Waals surface area contributed by atoms with Gasteiger partial charge in [0.05, 0.1) is 19.5 Å². The molecule has 1 aliphatic heterocycles. The highest BCUT2D eigenvalue weighted by molar-refractivity contribution is 5.26. The van der Waals surface area contributed by atoms with E-state index >= 15 is 0 Å². The summed E-state index contributed by atoms with van der Waals surface area (Å²) in [5, 5.41) is 6.55. The second-order valence-corrected chi connectivity index (χ2v) is 3.69. The number of anilines is 1. The summed E-state index contributed by atoms with van der Waals surface area (Å²) in [5.41, 5.74) is 0. The predicted octanol–water partition coefficient (Wildman–Crippen LogP) is 0.507. The SMILES string of the molecule is COc1cnc(NCC2CCNC2)nc1. The molecule has 82 valence electrons. The van der Waals surface area contributed by atoms with Gasteiger partial charge in [-0.15, -0.1) is 0 Å². The van der Waals surface area contributed by atoms with Crippen LogP contribution >= 0.6 is 0 Å². The van der Waals surface area contributed by atoms with Gasteiger partial charge in [0.15, 0.2) is 5.75 Å². The van der Waals surface area contributed by atoms with Crippen molar-refractivity contribution >= 4 is 5.95 Å². The van der Waals surface area contributed by atoms with E-state index < -0.39 is 0 Å². The van der Waals surface area contributed by atoms with Crippen molar-refractivity contribution in [3.63, 3.8) is 0 Å². The van der Waals surface area contributed by atoms with Gasteiger partial charge in [0.2, 0.25) is 5.95 Å². The first kappa shape index (κ1) is 10.2. The smallest absolute Gasteiger partial charge is 0.222 e. The summed E-state index contributed by atoms with van der Waals surface area (Å²) in [7, 11) is 1.61. The lowest BCUT2D eigenvalue weighted by molar-refractivity contribution is 0.411. The average Bonchev–Trinajstić information content (AvgIpc) is 2.80. The molecule has 5 nitrogen and oxygen atoms in total. The van der Waals surface area contributed by atoms with E-state index in [-0.39, 0.29) is 0 Å². The Kier molecular flexibility index (Phi) is 3.34. The lowest BCUT2D eigenvalue weighted by Gasteiger charge is -2.09. The third kappa shape index (κ3) is 2.79. The molecule has 1 aliphatic rings. The number of hydrogen-bond acceptors (Lipinski definition) is 5. The van der Waals surface area contributed by atoms with Gasteiger partial charge in [0.1, 0.15) is 0 Å². The Bertz CT molecular complexity index is 295. The summed E-state index contributed by atoms with van der Waals surface area (Å²) in [6, 6.07) is 0. The molecular formula is C10H16N4O. The van der Waals surface area contributed by atoms with E-state index in [1.807, 2.05) is 0 Å². The summed E-state index contributed by atoms with van der Waals surface area (Å²) in [5.74, 6) is 2.04. The van der Waals surface area contributed by atoms with Crippen LogP contribution in [0.2, 0.25) is 0 Å². The third-order valence-corrected chi connectivity index (χ3v) is 2.58. The Morgan fingerprint density at radius 2 is 2.33 bits per heavy atom. The number of nitrogens with zero attached hydrogens (tertiary/aromatic N) is 2. The molecule has 15 heavy (non-hydrogen) atoms. The van der Waals surface area contributed by atoms with Gasteiger partial charge in [-0.05, 0) is 25.4 Å². The normalized spacial score (nSPS) is 20.2. The van der Waals surface area contributed by atoms with Crippen molar-refractivity contribution < 1.29 is 4.74 Å². The van der Waals surface area contributed by atoms with E-state index in [0.717, 1.165) is 19.6 Å². The summed E-state index contributed by atoms with van der Waals surface area (Å²) >= 11 is 0. The molecule has 1 aromatic rings. The van der Waals surface area contributed by atoms with Crippen LogP contribution in [-0.4, -0.2) is 36.7 Å². The first-order chi connectivity index (χ1) is 7.38. The maximum atomic E-state index is 4.98. The van der Waals surface area contributed by atoms with Crippen LogP contribution < -0.4 is 15.4 Å². The molecule has 0 amide bonds. The van der Waals surface area contributed by atoms with Crippen LogP contribution in [0.4, 0.5) is 5.95 Å². The fourth-order valence-electron chi connectivity index (χ4n) is 1.64. The zero-order chi connectivity index (χ0) is 10.5. The molecule has 1 unspecified atom stereocenters. The van der Waals surface area contributed by atoms with Crippen molar-refractivity contribution in [1.29, 1.82) is 0 Å². The van der Waals surface area contributed by atoms with Crippen molar-refractivity contribution in [2.75, 3.05) is 32.1 Å². The molecule has 1 fully saturated rings. The van der Waals surface area contributed by atoms with Gasteiger partial charge >= 0.3 is 0 Å². The van der Waals surface area contributed by atoms with E-state index in [1.54, 1.807) is 19.5 Å². The summed E-state index contributed by atoms with van der Waals surface area (Å²) in [4.78, 5) is 8.29. The predicted molar refractivity (Wildman–Crippen MR) is 58.1 cm³/mol. The lowest BCUT2D eigenvalue weighted by Crippen LogP contribution is -2.18. The highest BCUT2D eigenvalue weighted by atomic mass is 16.5. The summed E-state index contributed by atoms with van der Waals surface area (Å²) < 4.78 is 4.98. The molecule has 1 atom stereocenters. The summed E-state index contributed by atoms with van der Waals surface area (Å²) in [6.07, 6.45) is 4.56. The number of rotatable bonds is 4. The van der Waals surface area contributed by atoms with Gasteiger partial charge in [-0.1, -0.05) is 0 Å². The zero-order valence-corrected chi connectivity index (χ0v) is 8.86. The molecule has 1 aromatic heterocycles. The van der Waals surface area contributed by atoms with Crippen LogP contribution in [0, 0.1) is 5.92 Å². The highest BCUT2D eigenvalue weighted by Crippen LogP contribution is 2.10. The maximum Gasteiger partial charge on any atom is 0.222 e. The molecule has 5 heteroatoms. The van der Waals surface area contributed by atoms with E-state index in [1.165, 1.54) is 6.42 Å². The monoisotopic (exact) mass is 208 g/mol. The molecule has 0 aromatic carbocycles.